The number of amides is 1. The van der Waals surface area contributed by atoms with Gasteiger partial charge in [-0.3, -0.25) is 9.80 Å². The van der Waals surface area contributed by atoms with Crippen molar-refractivity contribution in [1.29, 1.82) is 0 Å². The van der Waals surface area contributed by atoms with Crippen molar-refractivity contribution in [2.75, 3.05) is 5.01 Å². The maximum absolute atomic E-state index is 12.6. The van der Waals surface area contributed by atoms with E-state index in [4.69, 9.17) is 4.42 Å². The van der Waals surface area contributed by atoms with Crippen molar-refractivity contribution in [1.82, 2.24) is 5.32 Å². The van der Waals surface area contributed by atoms with Gasteiger partial charge in [0.25, 0.3) is 5.91 Å². The second-order valence-corrected chi connectivity index (χ2v) is 6.17. The van der Waals surface area contributed by atoms with Gasteiger partial charge in [-0.1, -0.05) is 48.5 Å². The zero-order valence-electron chi connectivity index (χ0n) is 14.2. The minimum absolute atomic E-state index is 0.00766. The van der Waals surface area contributed by atoms with Gasteiger partial charge in [0.2, 0.25) is 0 Å². The molecule has 0 fully saturated rings. The number of rotatable bonds is 5. The molecule has 1 N–H and O–H groups in total. The van der Waals surface area contributed by atoms with Crippen molar-refractivity contribution in [2.45, 2.75) is 19.0 Å². The van der Waals surface area contributed by atoms with Crippen molar-refractivity contribution in [2.24, 2.45) is 5.10 Å². The molecule has 130 valence electrons. The standard InChI is InChI=1S/C21H19N3O2/c25-21(22-14-16-11-12-26-15-16)19-13-20(17-7-3-1-4-8-17)24(23-19)18-9-5-2-6-10-18/h1-12,15,20H,13-14H2,(H,22,25). The number of nitrogens with zero attached hydrogens (tertiary/aromatic N) is 2. The topological polar surface area (TPSA) is 57.8 Å². The summed E-state index contributed by atoms with van der Waals surface area (Å²) in [4.78, 5) is 12.6. The minimum Gasteiger partial charge on any atom is -0.472 e. The van der Waals surface area contributed by atoms with Gasteiger partial charge >= 0.3 is 0 Å². The molecule has 0 bridgehead atoms. The third kappa shape index (κ3) is 3.37. The highest BCUT2D eigenvalue weighted by Gasteiger charge is 2.32. The van der Waals surface area contributed by atoms with Crippen LogP contribution in [-0.4, -0.2) is 11.6 Å². The molecule has 0 radical (unpaired) electrons. The Hall–Kier alpha value is -3.34. The van der Waals surface area contributed by atoms with Crippen LogP contribution in [0.4, 0.5) is 5.69 Å². The Morgan fingerprint density at radius 3 is 2.50 bits per heavy atom. The first-order valence-corrected chi connectivity index (χ1v) is 8.57. The Bertz CT molecular complexity index is 890. The normalized spacial score (nSPS) is 16.4. The van der Waals surface area contributed by atoms with Gasteiger partial charge in [-0.05, 0) is 23.8 Å². The van der Waals surface area contributed by atoms with Crippen molar-refractivity contribution < 1.29 is 9.21 Å². The lowest BCUT2D eigenvalue weighted by Gasteiger charge is -2.23. The zero-order chi connectivity index (χ0) is 17.8. The fourth-order valence-electron chi connectivity index (χ4n) is 3.08. The molecular formula is C21H19N3O2. The molecule has 1 aliphatic rings. The van der Waals surface area contributed by atoms with Crippen molar-refractivity contribution in [3.05, 3.63) is 90.4 Å². The van der Waals surface area contributed by atoms with Crippen LogP contribution < -0.4 is 10.3 Å². The highest BCUT2D eigenvalue weighted by Crippen LogP contribution is 2.34. The van der Waals surface area contributed by atoms with Crippen molar-refractivity contribution in [3.63, 3.8) is 0 Å². The minimum atomic E-state index is -0.148. The van der Waals surface area contributed by atoms with E-state index in [1.807, 2.05) is 59.6 Å². The van der Waals surface area contributed by atoms with Gasteiger partial charge in [0.15, 0.2) is 0 Å². The van der Waals surface area contributed by atoms with Crippen molar-refractivity contribution >= 4 is 17.3 Å². The first-order chi connectivity index (χ1) is 12.8. The number of hydrogen-bond acceptors (Lipinski definition) is 4. The molecule has 0 saturated heterocycles. The van der Waals surface area contributed by atoms with E-state index in [-0.39, 0.29) is 11.9 Å². The van der Waals surface area contributed by atoms with Crippen LogP contribution >= 0.6 is 0 Å². The number of para-hydroxylation sites is 1. The number of hydrazone groups is 1. The van der Waals surface area contributed by atoms with E-state index in [1.54, 1.807) is 12.5 Å². The van der Waals surface area contributed by atoms with Gasteiger partial charge in [0, 0.05) is 18.5 Å². The van der Waals surface area contributed by atoms with Crippen LogP contribution in [0.5, 0.6) is 0 Å². The lowest BCUT2D eigenvalue weighted by molar-refractivity contribution is -0.115. The Morgan fingerprint density at radius 2 is 1.81 bits per heavy atom. The Balaban J connectivity index is 1.56. The quantitative estimate of drug-likeness (QED) is 0.763. The van der Waals surface area contributed by atoms with Crippen LogP contribution in [0.25, 0.3) is 0 Å². The highest BCUT2D eigenvalue weighted by molar-refractivity contribution is 6.39. The van der Waals surface area contributed by atoms with Crippen LogP contribution in [0.3, 0.4) is 0 Å². The van der Waals surface area contributed by atoms with Crippen LogP contribution in [0.2, 0.25) is 0 Å². The molecule has 3 aromatic rings. The highest BCUT2D eigenvalue weighted by atomic mass is 16.3. The SMILES string of the molecule is O=C(NCc1ccoc1)C1=NN(c2ccccc2)C(c2ccccc2)C1. The molecule has 2 heterocycles. The molecule has 0 spiro atoms. The van der Waals surface area contributed by atoms with Gasteiger partial charge < -0.3 is 9.73 Å². The number of hydrogen-bond donors (Lipinski definition) is 1. The van der Waals surface area contributed by atoms with Crippen LogP contribution in [0.15, 0.2) is 88.8 Å². The summed E-state index contributed by atoms with van der Waals surface area (Å²) in [5.74, 6) is -0.148. The molecule has 1 atom stereocenters. The van der Waals surface area contributed by atoms with E-state index in [9.17, 15) is 4.79 Å². The molecule has 26 heavy (non-hydrogen) atoms. The van der Waals surface area contributed by atoms with E-state index >= 15 is 0 Å². The van der Waals surface area contributed by atoms with E-state index in [0.29, 0.717) is 18.7 Å². The largest absolute Gasteiger partial charge is 0.472 e. The monoisotopic (exact) mass is 345 g/mol. The zero-order valence-corrected chi connectivity index (χ0v) is 14.2. The molecule has 0 aliphatic carbocycles. The third-order valence-corrected chi connectivity index (χ3v) is 4.41. The van der Waals surface area contributed by atoms with E-state index < -0.39 is 0 Å². The molecule has 4 rings (SSSR count). The smallest absolute Gasteiger partial charge is 0.267 e. The summed E-state index contributed by atoms with van der Waals surface area (Å²) in [6.07, 6.45) is 3.78. The Kier molecular flexibility index (Phi) is 4.51. The van der Waals surface area contributed by atoms with Gasteiger partial charge in [-0.15, -0.1) is 0 Å². The number of nitrogens with one attached hydrogen (secondary N) is 1. The fourth-order valence-corrected chi connectivity index (χ4v) is 3.08. The summed E-state index contributed by atoms with van der Waals surface area (Å²) in [6.45, 7) is 0.426. The third-order valence-electron chi connectivity index (χ3n) is 4.41. The Morgan fingerprint density at radius 1 is 1.08 bits per heavy atom. The van der Waals surface area contributed by atoms with E-state index in [0.717, 1.165) is 16.8 Å². The Labute approximate surface area is 151 Å². The molecule has 5 heteroatoms. The lowest BCUT2D eigenvalue weighted by Crippen LogP contribution is -2.29. The van der Waals surface area contributed by atoms with Gasteiger partial charge in [0.05, 0.1) is 24.3 Å². The number of carbonyl (C=O) groups excluding carboxylic acids is 1. The average molecular weight is 345 g/mol. The van der Waals surface area contributed by atoms with Gasteiger partial charge in [0.1, 0.15) is 5.71 Å². The first-order valence-electron chi connectivity index (χ1n) is 8.57. The summed E-state index contributed by atoms with van der Waals surface area (Å²) in [6, 6.07) is 21.9. The molecule has 0 saturated carbocycles. The second-order valence-electron chi connectivity index (χ2n) is 6.17. The summed E-state index contributed by atoms with van der Waals surface area (Å²) in [5.41, 5.74) is 3.57. The molecule has 1 aliphatic heterocycles. The maximum Gasteiger partial charge on any atom is 0.267 e. The average Bonchev–Trinajstić information content (AvgIpc) is 3.37. The van der Waals surface area contributed by atoms with Gasteiger partial charge in [-0.2, -0.15) is 5.10 Å². The summed E-state index contributed by atoms with van der Waals surface area (Å²) >= 11 is 0. The first kappa shape index (κ1) is 16.1. The summed E-state index contributed by atoms with van der Waals surface area (Å²) < 4.78 is 5.03. The molecular weight excluding hydrogens is 326 g/mol. The van der Waals surface area contributed by atoms with Crippen LogP contribution in [0.1, 0.15) is 23.6 Å². The molecule has 1 aromatic heterocycles. The van der Waals surface area contributed by atoms with Crippen molar-refractivity contribution in [3.8, 4) is 0 Å². The number of anilines is 1. The number of carbonyl (C=O) groups is 1. The molecule has 5 nitrogen and oxygen atoms in total. The van der Waals surface area contributed by atoms with E-state index in [1.165, 1.54) is 0 Å². The molecule has 2 aromatic carbocycles. The predicted molar refractivity (Wildman–Crippen MR) is 101 cm³/mol. The predicted octanol–water partition coefficient (Wildman–Crippen LogP) is 3.90. The number of furan rings is 1. The number of benzene rings is 2. The lowest BCUT2D eigenvalue weighted by atomic mass is 10.0. The maximum atomic E-state index is 12.6. The second kappa shape index (κ2) is 7.27. The summed E-state index contributed by atoms with van der Waals surface area (Å²) in [5, 5.41) is 9.48. The van der Waals surface area contributed by atoms with Crippen LogP contribution in [0, 0.1) is 0 Å². The van der Waals surface area contributed by atoms with Gasteiger partial charge in [-0.25, -0.2) is 0 Å². The van der Waals surface area contributed by atoms with E-state index in [2.05, 4.69) is 22.6 Å². The summed E-state index contributed by atoms with van der Waals surface area (Å²) in [7, 11) is 0. The van der Waals surface area contributed by atoms with Crippen LogP contribution in [-0.2, 0) is 11.3 Å². The fraction of sp³-hybridized carbons (Fsp3) is 0.143. The molecule has 1 unspecified atom stereocenters. The molecule has 1 amide bonds.